The second-order valence-corrected chi connectivity index (χ2v) is 5.27. The van der Waals surface area contributed by atoms with Gasteiger partial charge in [-0.05, 0) is 5.92 Å². The van der Waals surface area contributed by atoms with Crippen LogP contribution in [0.1, 0.15) is 19.7 Å². The number of benzene rings is 1. The topological polar surface area (TPSA) is 17.8 Å². The molecule has 0 radical (unpaired) electrons. The van der Waals surface area contributed by atoms with Gasteiger partial charge in [-0.15, -0.1) is 0 Å². The van der Waals surface area contributed by atoms with Crippen LogP contribution < -0.4 is 0 Å². The first-order valence-corrected chi connectivity index (χ1v) is 6.06. The van der Waals surface area contributed by atoms with Gasteiger partial charge in [0.1, 0.15) is 0 Å². The fraction of sp³-hybridized carbons (Fsp3) is 0.462. The fourth-order valence-corrected chi connectivity index (χ4v) is 2.67. The van der Waals surface area contributed by atoms with Crippen LogP contribution in [0.2, 0.25) is 0 Å². The van der Waals surface area contributed by atoms with Gasteiger partial charge in [-0.25, -0.2) is 13.8 Å². The lowest BCUT2D eigenvalue weighted by molar-refractivity contribution is -0.0719. The van der Waals surface area contributed by atoms with Crippen molar-refractivity contribution in [3.8, 4) is 0 Å². The molecule has 0 saturated heterocycles. The Morgan fingerprint density at radius 1 is 1.26 bits per heavy atom. The molecular weight excluding hydrogens is 260 g/mol. The summed E-state index contributed by atoms with van der Waals surface area (Å²) in [7, 11) is 0. The van der Waals surface area contributed by atoms with Crippen molar-refractivity contribution in [2.45, 2.75) is 26.3 Å². The van der Waals surface area contributed by atoms with E-state index in [1.807, 2.05) is 0 Å². The Balaban J connectivity index is 2.23. The lowest BCUT2D eigenvalue weighted by Crippen LogP contribution is -2.26. The Labute approximate surface area is 107 Å². The normalized spacial score (nSPS) is 21.3. The highest BCUT2D eigenvalue weighted by Crippen LogP contribution is 2.47. The number of nitrogens with zero attached hydrogens (tertiary/aromatic N) is 2. The van der Waals surface area contributed by atoms with E-state index >= 15 is 0 Å². The molecule has 0 aliphatic carbocycles. The van der Waals surface area contributed by atoms with Crippen molar-refractivity contribution in [2.24, 2.45) is 11.8 Å². The van der Waals surface area contributed by atoms with E-state index in [2.05, 4.69) is 4.98 Å². The van der Waals surface area contributed by atoms with Gasteiger partial charge in [0.25, 0.3) is 0 Å². The van der Waals surface area contributed by atoms with Crippen LogP contribution in [0.5, 0.6) is 0 Å². The van der Waals surface area contributed by atoms with E-state index in [0.29, 0.717) is 0 Å². The van der Waals surface area contributed by atoms with Gasteiger partial charge in [-0.1, -0.05) is 13.8 Å². The molecule has 2 aromatic rings. The molecule has 0 bridgehead atoms. The maximum Gasteiger partial charge on any atom is 0.309 e. The van der Waals surface area contributed by atoms with E-state index in [9.17, 15) is 17.6 Å². The average Bonchev–Trinajstić information content (AvgIpc) is 2.76. The zero-order valence-corrected chi connectivity index (χ0v) is 10.4. The third-order valence-electron chi connectivity index (χ3n) is 3.74. The lowest BCUT2D eigenvalue weighted by Gasteiger charge is -2.21. The average molecular weight is 272 g/mol. The summed E-state index contributed by atoms with van der Waals surface area (Å²) >= 11 is 0. The summed E-state index contributed by atoms with van der Waals surface area (Å²) < 4.78 is 56.1. The predicted octanol–water partition coefficient (Wildman–Crippen LogP) is 3.69. The van der Waals surface area contributed by atoms with Crippen LogP contribution in [0.15, 0.2) is 12.1 Å². The van der Waals surface area contributed by atoms with Crippen LogP contribution >= 0.6 is 0 Å². The molecule has 0 spiro atoms. The number of aromatic nitrogens is 2. The van der Waals surface area contributed by atoms with Gasteiger partial charge in [0.05, 0.1) is 17.0 Å². The monoisotopic (exact) mass is 272 g/mol. The van der Waals surface area contributed by atoms with Gasteiger partial charge in [-0.2, -0.15) is 8.78 Å². The summed E-state index contributed by atoms with van der Waals surface area (Å²) in [5.74, 6) is -6.68. The highest BCUT2D eigenvalue weighted by molar-refractivity contribution is 5.76. The van der Waals surface area contributed by atoms with Crippen LogP contribution in [-0.2, 0) is 12.5 Å². The number of imidazole rings is 1. The van der Waals surface area contributed by atoms with Gasteiger partial charge < -0.3 is 4.57 Å². The number of hydrogen-bond acceptors (Lipinski definition) is 1. The van der Waals surface area contributed by atoms with Gasteiger partial charge in [-0.3, -0.25) is 0 Å². The largest absolute Gasteiger partial charge is 0.322 e. The minimum atomic E-state index is -3.07. The summed E-state index contributed by atoms with van der Waals surface area (Å²) in [6.45, 7) is 3.50. The van der Waals surface area contributed by atoms with E-state index in [1.165, 1.54) is 4.57 Å². The molecule has 1 aromatic heterocycles. The number of rotatable bonds is 1. The first-order valence-electron chi connectivity index (χ1n) is 6.06. The molecule has 3 rings (SSSR count). The molecule has 1 aliphatic rings. The molecule has 1 atom stereocenters. The Morgan fingerprint density at radius 2 is 1.89 bits per heavy atom. The molecule has 2 nitrogen and oxygen atoms in total. The molecule has 6 heteroatoms. The first-order chi connectivity index (χ1) is 8.82. The van der Waals surface area contributed by atoms with Crippen LogP contribution in [0.4, 0.5) is 17.6 Å². The summed E-state index contributed by atoms with van der Waals surface area (Å²) in [6.07, 6.45) is 0. The molecule has 0 fully saturated rings. The molecule has 1 aliphatic heterocycles. The summed E-state index contributed by atoms with van der Waals surface area (Å²) in [6, 6.07) is 1.79. The molecule has 0 amide bonds. The Bertz CT molecular complexity index is 660. The fourth-order valence-electron chi connectivity index (χ4n) is 2.67. The van der Waals surface area contributed by atoms with E-state index in [4.69, 9.17) is 0 Å². The number of fused-ring (bicyclic) bond motifs is 3. The summed E-state index contributed by atoms with van der Waals surface area (Å²) in [4.78, 5) is 3.79. The van der Waals surface area contributed by atoms with Crippen molar-refractivity contribution in [2.75, 3.05) is 0 Å². The number of halogens is 4. The highest BCUT2D eigenvalue weighted by Gasteiger charge is 2.52. The molecule has 19 heavy (non-hydrogen) atoms. The van der Waals surface area contributed by atoms with E-state index in [-0.39, 0.29) is 23.5 Å². The Hall–Kier alpha value is -1.59. The maximum absolute atomic E-state index is 14.2. The van der Waals surface area contributed by atoms with Gasteiger partial charge >= 0.3 is 5.92 Å². The zero-order chi connectivity index (χ0) is 13.9. The summed E-state index contributed by atoms with van der Waals surface area (Å²) in [5, 5.41) is 0. The smallest absolute Gasteiger partial charge is 0.309 e. The van der Waals surface area contributed by atoms with Crippen LogP contribution in [0.3, 0.4) is 0 Å². The standard InChI is InChI=1S/C13H12F4N2/c1-6(2)7-5-19-11-4-9(15)8(14)3-10(11)18-12(19)13(7,16)17/h3-4,6-7H,5H2,1-2H3. The molecule has 102 valence electrons. The van der Waals surface area contributed by atoms with Gasteiger partial charge in [0.2, 0.25) is 0 Å². The summed E-state index contributed by atoms with van der Waals surface area (Å²) in [5.41, 5.74) is 0.285. The number of hydrogen-bond donors (Lipinski definition) is 0. The van der Waals surface area contributed by atoms with Crippen molar-refractivity contribution in [1.82, 2.24) is 9.55 Å². The highest BCUT2D eigenvalue weighted by atomic mass is 19.3. The van der Waals surface area contributed by atoms with Crippen LogP contribution in [-0.4, -0.2) is 9.55 Å². The predicted molar refractivity (Wildman–Crippen MR) is 61.9 cm³/mol. The van der Waals surface area contributed by atoms with E-state index in [0.717, 1.165) is 12.1 Å². The Kier molecular flexibility index (Phi) is 2.43. The Morgan fingerprint density at radius 3 is 2.53 bits per heavy atom. The molecular formula is C13H12F4N2. The minimum absolute atomic E-state index is 0.0655. The van der Waals surface area contributed by atoms with Crippen molar-refractivity contribution >= 4 is 11.0 Å². The second-order valence-electron chi connectivity index (χ2n) is 5.27. The molecule has 1 unspecified atom stereocenters. The van der Waals surface area contributed by atoms with Crippen molar-refractivity contribution < 1.29 is 17.6 Å². The lowest BCUT2D eigenvalue weighted by atomic mass is 9.91. The van der Waals surface area contributed by atoms with Crippen molar-refractivity contribution in [3.63, 3.8) is 0 Å². The van der Waals surface area contributed by atoms with Crippen LogP contribution in [0.25, 0.3) is 11.0 Å². The quantitative estimate of drug-likeness (QED) is 0.724. The SMILES string of the molecule is CC(C)C1Cn2c(nc3cc(F)c(F)cc32)C1(F)F. The minimum Gasteiger partial charge on any atom is -0.322 e. The molecule has 1 aromatic carbocycles. The van der Waals surface area contributed by atoms with E-state index < -0.39 is 29.3 Å². The van der Waals surface area contributed by atoms with Gasteiger partial charge in [0.15, 0.2) is 17.5 Å². The molecule has 0 N–H and O–H groups in total. The third kappa shape index (κ3) is 1.58. The van der Waals surface area contributed by atoms with Crippen molar-refractivity contribution in [3.05, 3.63) is 29.6 Å². The molecule has 2 heterocycles. The maximum atomic E-state index is 14.2. The third-order valence-corrected chi connectivity index (χ3v) is 3.74. The molecule has 0 saturated carbocycles. The first kappa shape index (κ1) is 12.4. The number of alkyl halides is 2. The van der Waals surface area contributed by atoms with Gasteiger partial charge in [0, 0.05) is 18.7 Å². The van der Waals surface area contributed by atoms with Crippen LogP contribution in [0, 0.1) is 23.5 Å². The van der Waals surface area contributed by atoms with E-state index in [1.54, 1.807) is 13.8 Å². The second kappa shape index (κ2) is 3.71. The zero-order valence-electron chi connectivity index (χ0n) is 10.4. The van der Waals surface area contributed by atoms with Crippen molar-refractivity contribution in [1.29, 1.82) is 0 Å².